The Hall–Kier alpha value is -2.40. The summed E-state index contributed by atoms with van der Waals surface area (Å²) in [5.74, 6) is 0.499. The van der Waals surface area contributed by atoms with Crippen molar-refractivity contribution in [3.8, 4) is 5.69 Å². The molecule has 0 atom stereocenters. The largest absolute Gasteiger partial charge is 0.324 e. The lowest BCUT2D eigenvalue weighted by atomic mass is 10.2. The highest BCUT2D eigenvalue weighted by atomic mass is 32.1. The number of anilines is 1. The Morgan fingerprint density at radius 1 is 1.18 bits per heavy atom. The highest BCUT2D eigenvalue weighted by Gasteiger charge is 2.26. The molecule has 1 amide bonds. The quantitative estimate of drug-likeness (QED) is 0.790. The van der Waals surface area contributed by atoms with E-state index in [1.54, 1.807) is 0 Å². The maximum Gasteiger partial charge on any atom is 0.257 e. The lowest BCUT2D eigenvalue weighted by Gasteiger charge is -2.05. The maximum absolute atomic E-state index is 12.3. The molecule has 0 aliphatic heterocycles. The summed E-state index contributed by atoms with van der Waals surface area (Å²) >= 11 is 1.49. The molecule has 3 aromatic rings. The molecule has 110 valence electrons. The number of carbonyl (C=O) groups is 1. The minimum atomic E-state index is -0.115. The third kappa shape index (κ3) is 2.67. The summed E-state index contributed by atoms with van der Waals surface area (Å²) in [4.78, 5) is 16.7. The second-order valence-corrected chi connectivity index (χ2v) is 6.30. The smallest absolute Gasteiger partial charge is 0.257 e. The van der Waals surface area contributed by atoms with Crippen LogP contribution in [0.4, 0.5) is 5.13 Å². The van der Waals surface area contributed by atoms with Crippen molar-refractivity contribution in [2.24, 2.45) is 0 Å². The van der Waals surface area contributed by atoms with Gasteiger partial charge >= 0.3 is 0 Å². The van der Waals surface area contributed by atoms with E-state index >= 15 is 0 Å². The topological polar surface area (TPSA) is 46.9 Å². The molecule has 0 saturated heterocycles. The van der Waals surface area contributed by atoms with Crippen LogP contribution in [0.15, 0.2) is 54.2 Å². The van der Waals surface area contributed by atoms with Crippen LogP contribution in [0.3, 0.4) is 0 Å². The van der Waals surface area contributed by atoms with Gasteiger partial charge < -0.3 is 4.57 Å². The number of nitrogens with one attached hydrogen (secondary N) is 1. The average molecular weight is 309 g/mol. The Kier molecular flexibility index (Phi) is 3.27. The molecule has 0 unspecified atom stereocenters. The van der Waals surface area contributed by atoms with Crippen molar-refractivity contribution < 1.29 is 4.79 Å². The molecule has 1 saturated carbocycles. The van der Waals surface area contributed by atoms with Crippen LogP contribution in [0, 0.1) is 0 Å². The molecule has 0 radical (unpaired) electrons. The fourth-order valence-corrected chi connectivity index (χ4v) is 3.16. The second-order valence-electron chi connectivity index (χ2n) is 5.44. The number of benzene rings is 1. The van der Waals surface area contributed by atoms with Gasteiger partial charge in [-0.3, -0.25) is 10.1 Å². The van der Waals surface area contributed by atoms with Gasteiger partial charge in [-0.15, -0.1) is 11.3 Å². The first-order valence-electron chi connectivity index (χ1n) is 7.30. The number of thiazole rings is 1. The van der Waals surface area contributed by atoms with E-state index < -0.39 is 0 Å². The van der Waals surface area contributed by atoms with E-state index in [9.17, 15) is 4.79 Å². The number of rotatable bonds is 4. The average Bonchev–Trinajstić information content (AvgIpc) is 3.06. The van der Waals surface area contributed by atoms with Crippen LogP contribution >= 0.6 is 11.3 Å². The van der Waals surface area contributed by atoms with Gasteiger partial charge in [-0.05, 0) is 49.2 Å². The molecular formula is C17H15N3OS. The lowest BCUT2D eigenvalue weighted by molar-refractivity contribution is 0.102. The first kappa shape index (κ1) is 13.3. The van der Waals surface area contributed by atoms with E-state index in [1.165, 1.54) is 24.2 Å². The van der Waals surface area contributed by atoms with Gasteiger partial charge in [-0.25, -0.2) is 4.98 Å². The van der Waals surface area contributed by atoms with Crippen molar-refractivity contribution in [3.63, 3.8) is 0 Å². The highest BCUT2D eigenvalue weighted by molar-refractivity contribution is 7.14. The van der Waals surface area contributed by atoms with Crippen molar-refractivity contribution in [1.82, 2.24) is 9.55 Å². The van der Waals surface area contributed by atoms with E-state index in [0.29, 0.717) is 16.6 Å². The van der Waals surface area contributed by atoms with Gasteiger partial charge in [0.25, 0.3) is 5.91 Å². The van der Waals surface area contributed by atoms with E-state index in [0.717, 1.165) is 11.4 Å². The standard InChI is InChI=1S/C17H15N3OS/c21-16(19-17-18-15(11-22-17)12-3-4-12)13-5-7-14(8-6-13)20-9-1-2-10-20/h1-2,5-12H,3-4H2,(H,18,19,21). The summed E-state index contributed by atoms with van der Waals surface area (Å²) in [5, 5.41) is 5.60. The van der Waals surface area contributed by atoms with Crippen LogP contribution in [-0.2, 0) is 0 Å². The molecule has 1 fully saturated rings. The minimum Gasteiger partial charge on any atom is -0.324 e. The van der Waals surface area contributed by atoms with Gasteiger partial charge in [-0.2, -0.15) is 0 Å². The number of aromatic nitrogens is 2. The normalized spacial score (nSPS) is 14.0. The molecule has 2 aromatic heterocycles. The van der Waals surface area contributed by atoms with Gasteiger partial charge in [0.1, 0.15) is 0 Å². The number of hydrogen-bond donors (Lipinski definition) is 1. The van der Waals surface area contributed by atoms with E-state index in [4.69, 9.17) is 0 Å². The third-order valence-electron chi connectivity index (χ3n) is 3.77. The van der Waals surface area contributed by atoms with Crippen LogP contribution in [0.1, 0.15) is 34.8 Å². The van der Waals surface area contributed by atoms with Crippen molar-refractivity contribution >= 4 is 22.4 Å². The first-order chi connectivity index (χ1) is 10.8. The Morgan fingerprint density at radius 3 is 2.59 bits per heavy atom. The number of hydrogen-bond acceptors (Lipinski definition) is 3. The van der Waals surface area contributed by atoms with Gasteiger partial charge in [0.2, 0.25) is 0 Å². The predicted octanol–water partition coefficient (Wildman–Crippen LogP) is 4.06. The lowest BCUT2D eigenvalue weighted by Crippen LogP contribution is -2.11. The molecule has 2 heterocycles. The summed E-state index contributed by atoms with van der Waals surface area (Å²) in [6, 6.07) is 11.5. The Balaban J connectivity index is 1.47. The molecule has 1 aliphatic rings. The zero-order valence-corrected chi connectivity index (χ0v) is 12.7. The molecule has 1 aromatic carbocycles. The van der Waals surface area contributed by atoms with Crippen molar-refractivity contribution in [1.29, 1.82) is 0 Å². The Bertz CT molecular complexity index is 786. The van der Waals surface area contributed by atoms with Crippen LogP contribution < -0.4 is 5.32 Å². The number of amides is 1. The van der Waals surface area contributed by atoms with E-state index in [1.807, 2.05) is 58.7 Å². The highest BCUT2D eigenvalue weighted by Crippen LogP contribution is 2.40. The summed E-state index contributed by atoms with van der Waals surface area (Å²) in [6.45, 7) is 0. The molecule has 4 nitrogen and oxygen atoms in total. The summed E-state index contributed by atoms with van der Waals surface area (Å²) in [5.41, 5.74) is 2.79. The van der Waals surface area contributed by atoms with Crippen LogP contribution in [0.5, 0.6) is 0 Å². The van der Waals surface area contributed by atoms with Crippen molar-refractivity contribution in [3.05, 3.63) is 65.4 Å². The molecule has 4 rings (SSSR count). The SMILES string of the molecule is O=C(Nc1nc(C2CC2)cs1)c1ccc(-n2cccc2)cc1. The minimum absolute atomic E-state index is 0.115. The van der Waals surface area contributed by atoms with Crippen LogP contribution in [0.2, 0.25) is 0 Å². The van der Waals surface area contributed by atoms with Crippen molar-refractivity contribution in [2.45, 2.75) is 18.8 Å². The Morgan fingerprint density at radius 2 is 1.91 bits per heavy atom. The maximum atomic E-state index is 12.3. The monoisotopic (exact) mass is 309 g/mol. The molecular weight excluding hydrogens is 294 g/mol. The van der Waals surface area contributed by atoms with Crippen LogP contribution in [-0.4, -0.2) is 15.5 Å². The predicted molar refractivity (Wildman–Crippen MR) is 87.8 cm³/mol. The zero-order valence-electron chi connectivity index (χ0n) is 11.9. The van der Waals surface area contributed by atoms with Gasteiger partial charge in [0.15, 0.2) is 5.13 Å². The Labute approximate surface area is 132 Å². The molecule has 0 bridgehead atoms. The molecule has 22 heavy (non-hydrogen) atoms. The summed E-state index contributed by atoms with van der Waals surface area (Å²) in [6.07, 6.45) is 6.39. The third-order valence-corrected chi connectivity index (χ3v) is 4.55. The summed E-state index contributed by atoms with van der Waals surface area (Å²) < 4.78 is 2.00. The molecule has 0 spiro atoms. The zero-order chi connectivity index (χ0) is 14.9. The fourth-order valence-electron chi connectivity index (χ4n) is 2.37. The first-order valence-corrected chi connectivity index (χ1v) is 8.18. The van der Waals surface area contributed by atoms with Gasteiger partial charge in [-0.1, -0.05) is 0 Å². The molecule has 5 heteroatoms. The van der Waals surface area contributed by atoms with E-state index in [-0.39, 0.29) is 5.91 Å². The number of nitrogens with zero attached hydrogens (tertiary/aromatic N) is 2. The van der Waals surface area contributed by atoms with Crippen LogP contribution in [0.25, 0.3) is 5.69 Å². The second kappa shape index (κ2) is 5.42. The van der Waals surface area contributed by atoms with Gasteiger partial charge in [0.05, 0.1) is 5.69 Å². The number of carbonyl (C=O) groups excluding carboxylic acids is 1. The fraction of sp³-hybridized carbons (Fsp3) is 0.176. The van der Waals surface area contributed by atoms with Gasteiger partial charge in [0, 0.05) is 34.9 Å². The molecule has 1 N–H and O–H groups in total. The summed E-state index contributed by atoms with van der Waals surface area (Å²) in [7, 11) is 0. The molecule has 1 aliphatic carbocycles. The van der Waals surface area contributed by atoms with Crippen molar-refractivity contribution in [2.75, 3.05) is 5.32 Å². The van der Waals surface area contributed by atoms with E-state index in [2.05, 4.69) is 10.3 Å².